The van der Waals surface area contributed by atoms with E-state index in [0.717, 1.165) is 33.9 Å². The number of anilines is 2. The lowest BCUT2D eigenvalue weighted by Crippen LogP contribution is -1.99. The van der Waals surface area contributed by atoms with Crippen molar-refractivity contribution in [3.8, 4) is 22.5 Å². The second kappa shape index (κ2) is 6.27. The second-order valence-electron chi connectivity index (χ2n) is 5.83. The van der Waals surface area contributed by atoms with Gasteiger partial charge in [-0.25, -0.2) is 14.5 Å². The lowest BCUT2D eigenvalue weighted by atomic mass is 10.1. The lowest BCUT2D eigenvalue weighted by molar-refractivity contribution is 0.947. The summed E-state index contributed by atoms with van der Waals surface area (Å²) >= 11 is 6.07. The molecule has 0 fully saturated rings. The minimum absolute atomic E-state index is 0.414. The fourth-order valence-electron chi connectivity index (χ4n) is 2.83. The third-order valence-electron chi connectivity index (χ3n) is 4.08. The Bertz CT molecular complexity index is 1120. The Morgan fingerprint density at radius 3 is 2.73 bits per heavy atom. The van der Waals surface area contributed by atoms with E-state index in [-0.39, 0.29) is 0 Å². The molecule has 26 heavy (non-hydrogen) atoms. The van der Waals surface area contributed by atoms with Crippen molar-refractivity contribution in [2.24, 2.45) is 0 Å². The number of aryl methyl sites for hydroxylation is 1. The van der Waals surface area contributed by atoms with Gasteiger partial charge in [0.1, 0.15) is 5.69 Å². The molecule has 4 aromatic rings. The highest BCUT2D eigenvalue weighted by molar-refractivity contribution is 6.32. The number of nitrogens with two attached hydrogens (primary N) is 1. The summed E-state index contributed by atoms with van der Waals surface area (Å²) in [5.41, 5.74) is 11.7. The molecule has 0 unspecified atom stereocenters. The van der Waals surface area contributed by atoms with Gasteiger partial charge in [-0.1, -0.05) is 11.6 Å². The van der Waals surface area contributed by atoms with Crippen molar-refractivity contribution < 1.29 is 0 Å². The quantitative estimate of drug-likeness (QED) is 0.540. The van der Waals surface area contributed by atoms with E-state index in [1.807, 2.05) is 37.3 Å². The number of nitrogens with zero attached hydrogens (tertiary/aromatic N) is 5. The zero-order chi connectivity index (χ0) is 18.3. The maximum absolute atomic E-state index is 6.16. The van der Waals surface area contributed by atoms with Crippen molar-refractivity contribution in [1.82, 2.24) is 24.6 Å². The highest BCUT2D eigenvalue weighted by Gasteiger charge is 2.15. The van der Waals surface area contributed by atoms with Crippen LogP contribution in [-0.4, -0.2) is 31.6 Å². The minimum Gasteiger partial charge on any atom is -0.386 e. The molecule has 0 saturated carbocycles. The number of imidazole rings is 1. The summed E-state index contributed by atoms with van der Waals surface area (Å²) in [6.07, 6.45) is 3.43. The van der Waals surface area contributed by atoms with Gasteiger partial charge < -0.3 is 11.1 Å². The minimum atomic E-state index is 0.414. The Hall–Kier alpha value is -3.19. The normalized spacial score (nSPS) is 11.0. The van der Waals surface area contributed by atoms with E-state index in [0.29, 0.717) is 16.6 Å². The van der Waals surface area contributed by atoms with Crippen molar-refractivity contribution in [1.29, 1.82) is 0 Å². The first-order valence-corrected chi connectivity index (χ1v) is 8.36. The van der Waals surface area contributed by atoms with Crippen molar-refractivity contribution in [3.63, 3.8) is 0 Å². The average Bonchev–Trinajstić information content (AvgIpc) is 2.97. The first kappa shape index (κ1) is 16.3. The first-order chi connectivity index (χ1) is 12.6. The van der Waals surface area contributed by atoms with E-state index in [2.05, 4.69) is 20.3 Å². The predicted molar refractivity (Wildman–Crippen MR) is 103 cm³/mol. The topological polar surface area (TPSA) is 94.0 Å². The van der Waals surface area contributed by atoms with Gasteiger partial charge in [-0.15, -0.1) is 0 Å². The van der Waals surface area contributed by atoms with Gasteiger partial charge in [-0.3, -0.25) is 4.98 Å². The van der Waals surface area contributed by atoms with E-state index in [9.17, 15) is 0 Å². The standard InChI is InChI=1S/C18H16ClN7/c1-10-7-11(5-6-22-10)16-18(20)24-15-4-3-13(25-26(15)16)12-8-14(21-2)17(19)23-9-12/h3-9,21H,20H2,1-2H3. The Morgan fingerprint density at radius 1 is 1.12 bits per heavy atom. The Labute approximate surface area is 154 Å². The number of halogens is 1. The molecule has 0 radical (unpaired) electrons. The second-order valence-corrected chi connectivity index (χ2v) is 6.19. The van der Waals surface area contributed by atoms with Crippen LogP contribution >= 0.6 is 11.6 Å². The Balaban J connectivity index is 1.91. The summed E-state index contributed by atoms with van der Waals surface area (Å²) in [5, 5.41) is 8.16. The van der Waals surface area contributed by atoms with E-state index < -0.39 is 0 Å². The molecule has 4 aromatic heterocycles. The summed E-state index contributed by atoms with van der Waals surface area (Å²) in [6, 6.07) is 9.51. The molecule has 0 atom stereocenters. The number of hydrogen-bond acceptors (Lipinski definition) is 6. The molecule has 0 spiro atoms. The van der Waals surface area contributed by atoms with Gasteiger partial charge in [0.25, 0.3) is 0 Å². The van der Waals surface area contributed by atoms with E-state index in [1.54, 1.807) is 24.0 Å². The molecule has 4 heterocycles. The van der Waals surface area contributed by atoms with Crippen LogP contribution in [0.3, 0.4) is 0 Å². The molecule has 0 aliphatic heterocycles. The smallest absolute Gasteiger partial charge is 0.156 e. The van der Waals surface area contributed by atoms with Crippen LogP contribution < -0.4 is 11.1 Å². The summed E-state index contributed by atoms with van der Waals surface area (Å²) < 4.78 is 1.74. The zero-order valence-corrected chi connectivity index (χ0v) is 15.0. The number of pyridine rings is 2. The maximum Gasteiger partial charge on any atom is 0.156 e. The SMILES string of the molecule is CNc1cc(-c2ccc3nc(N)c(-c4ccnc(C)c4)n3n2)cnc1Cl. The summed E-state index contributed by atoms with van der Waals surface area (Å²) in [4.78, 5) is 12.9. The molecule has 0 amide bonds. The van der Waals surface area contributed by atoms with E-state index >= 15 is 0 Å². The number of nitrogens with one attached hydrogen (secondary N) is 1. The number of hydrogen-bond donors (Lipinski definition) is 2. The zero-order valence-electron chi connectivity index (χ0n) is 14.2. The van der Waals surface area contributed by atoms with Crippen LogP contribution in [0, 0.1) is 6.92 Å². The molecule has 0 aliphatic carbocycles. The average molecular weight is 366 g/mol. The van der Waals surface area contributed by atoms with Crippen LogP contribution in [0.2, 0.25) is 5.15 Å². The molecule has 4 rings (SSSR count). The Morgan fingerprint density at radius 2 is 1.96 bits per heavy atom. The fourth-order valence-corrected chi connectivity index (χ4v) is 3.03. The molecule has 7 nitrogen and oxygen atoms in total. The van der Waals surface area contributed by atoms with Gasteiger partial charge in [0.05, 0.1) is 11.4 Å². The molecule has 130 valence electrons. The van der Waals surface area contributed by atoms with Gasteiger partial charge in [0.15, 0.2) is 16.6 Å². The van der Waals surface area contributed by atoms with Gasteiger partial charge >= 0.3 is 0 Å². The van der Waals surface area contributed by atoms with E-state index in [4.69, 9.17) is 22.4 Å². The number of aromatic nitrogens is 5. The number of nitrogen functional groups attached to an aromatic ring is 1. The maximum atomic E-state index is 6.16. The number of fused-ring (bicyclic) bond motifs is 1. The third-order valence-corrected chi connectivity index (χ3v) is 4.38. The summed E-state index contributed by atoms with van der Waals surface area (Å²) in [6.45, 7) is 1.93. The molecule has 0 aromatic carbocycles. The highest BCUT2D eigenvalue weighted by atomic mass is 35.5. The summed E-state index contributed by atoms with van der Waals surface area (Å²) in [5.74, 6) is 0.422. The lowest BCUT2D eigenvalue weighted by Gasteiger charge is -2.08. The molecule has 0 aliphatic rings. The molecule has 8 heteroatoms. The molecule has 3 N–H and O–H groups in total. The van der Waals surface area contributed by atoms with Gasteiger partial charge in [0.2, 0.25) is 0 Å². The van der Waals surface area contributed by atoms with Crippen molar-refractivity contribution in [3.05, 3.63) is 53.6 Å². The van der Waals surface area contributed by atoms with Gasteiger partial charge in [-0.05, 0) is 37.3 Å². The largest absolute Gasteiger partial charge is 0.386 e. The highest BCUT2D eigenvalue weighted by Crippen LogP contribution is 2.29. The van der Waals surface area contributed by atoms with Crippen LogP contribution in [0.25, 0.3) is 28.2 Å². The van der Waals surface area contributed by atoms with Crippen LogP contribution in [0.15, 0.2) is 42.7 Å². The fraction of sp³-hybridized carbons (Fsp3) is 0.111. The van der Waals surface area contributed by atoms with Crippen molar-refractivity contribution in [2.45, 2.75) is 6.92 Å². The van der Waals surface area contributed by atoms with Crippen LogP contribution in [0.4, 0.5) is 11.5 Å². The van der Waals surface area contributed by atoms with Crippen LogP contribution in [0.5, 0.6) is 0 Å². The molecular weight excluding hydrogens is 350 g/mol. The van der Waals surface area contributed by atoms with Crippen LogP contribution in [0.1, 0.15) is 5.69 Å². The molecule has 0 bridgehead atoms. The first-order valence-electron chi connectivity index (χ1n) is 7.99. The van der Waals surface area contributed by atoms with Crippen molar-refractivity contribution in [2.75, 3.05) is 18.1 Å². The van der Waals surface area contributed by atoms with E-state index in [1.165, 1.54) is 0 Å². The molecular formula is C18H16ClN7. The van der Waals surface area contributed by atoms with Gasteiger partial charge in [0, 0.05) is 36.3 Å². The number of rotatable bonds is 3. The summed E-state index contributed by atoms with van der Waals surface area (Å²) in [7, 11) is 1.80. The van der Waals surface area contributed by atoms with Crippen LogP contribution in [-0.2, 0) is 0 Å². The predicted octanol–water partition coefficient (Wildman–Crippen LogP) is 3.44. The molecule has 0 saturated heterocycles. The van der Waals surface area contributed by atoms with Crippen molar-refractivity contribution >= 4 is 28.8 Å². The monoisotopic (exact) mass is 365 g/mol. The van der Waals surface area contributed by atoms with Gasteiger partial charge in [-0.2, -0.15) is 5.10 Å². The Kier molecular flexibility index (Phi) is 3.93. The third kappa shape index (κ3) is 2.72.